The van der Waals surface area contributed by atoms with Crippen LogP contribution in [-0.4, -0.2) is 16.8 Å². The molecule has 1 unspecified atom stereocenters. The summed E-state index contributed by atoms with van der Waals surface area (Å²) in [7, 11) is 0. The van der Waals surface area contributed by atoms with E-state index >= 15 is 0 Å². The molecule has 3 nitrogen and oxygen atoms in total. The molecule has 1 N–H and O–H groups in total. The van der Waals surface area contributed by atoms with Crippen LogP contribution in [0.25, 0.3) is 0 Å². The highest BCUT2D eigenvalue weighted by atomic mass is 16.1. The molecule has 1 aromatic rings. The first-order chi connectivity index (χ1) is 8.04. The Morgan fingerprint density at radius 3 is 2.71 bits per heavy atom. The number of ketones is 1. The van der Waals surface area contributed by atoms with E-state index in [1.165, 1.54) is 0 Å². The first-order valence-electron chi connectivity index (χ1n) is 6.29. The first kappa shape index (κ1) is 13.7. The molecule has 1 aromatic heterocycles. The van der Waals surface area contributed by atoms with Crippen molar-refractivity contribution in [3.05, 3.63) is 23.9 Å². The van der Waals surface area contributed by atoms with E-state index in [1.807, 2.05) is 12.1 Å². The molecule has 17 heavy (non-hydrogen) atoms. The molecule has 1 atom stereocenters. The lowest BCUT2D eigenvalue weighted by Crippen LogP contribution is -2.17. The van der Waals surface area contributed by atoms with E-state index in [9.17, 15) is 4.79 Å². The number of carbonyl (C=O) groups is 1. The molecular weight excluding hydrogens is 212 g/mol. The van der Waals surface area contributed by atoms with Crippen LogP contribution in [0.4, 0.5) is 5.82 Å². The van der Waals surface area contributed by atoms with Gasteiger partial charge < -0.3 is 5.32 Å². The maximum Gasteiger partial charge on any atom is 0.166 e. The Hall–Kier alpha value is -1.38. The lowest BCUT2D eigenvalue weighted by molar-refractivity contribution is 0.0968. The number of carbonyl (C=O) groups excluding carboxylic acids is 1. The molecular formula is C14H22N2O. The van der Waals surface area contributed by atoms with Crippen LogP contribution in [0.15, 0.2) is 18.3 Å². The van der Waals surface area contributed by atoms with Gasteiger partial charge in [0.1, 0.15) is 5.82 Å². The standard InChI is InChI=1S/C14H22N2O/c1-5-11(4)16-14-12(7-6-8-15-14)13(17)9-10(2)3/h6-8,10-11H,5,9H2,1-4H3,(H,15,16). The zero-order valence-corrected chi connectivity index (χ0v) is 11.2. The number of Topliss-reactive ketones (excluding diaryl/α,β-unsaturated/α-hetero) is 1. The summed E-state index contributed by atoms with van der Waals surface area (Å²) in [6.07, 6.45) is 3.30. The van der Waals surface area contributed by atoms with Gasteiger partial charge in [0.2, 0.25) is 0 Å². The van der Waals surface area contributed by atoms with Crippen LogP contribution >= 0.6 is 0 Å². The van der Waals surface area contributed by atoms with E-state index in [0.29, 0.717) is 29.8 Å². The Labute approximate surface area is 104 Å². The molecule has 0 bridgehead atoms. The number of hydrogen-bond donors (Lipinski definition) is 1. The summed E-state index contributed by atoms with van der Waals surface area (Å²) in [6, 6.07) is 3.99. The fourth-order valence-electron chi connectivity index (χ4n) is 1.56. The molecule has 0 fully saturated rings. The van der Waals surface area contributed by atoms with E-state index < -0.39 is 0 Å². The number of nitrogens with zero attached hydrogens (tertiary/aromatic N) is 1. The van der Waals surface area contributed by atoms with Crippen molar-refractivity contribution in [2.75, 3.05) is 5.32 Å². The third-order valence-electron chi connectivity index (χ3n) is 2.70. The van der Waals surface area contributed by atoms with Crippen LogP contribution in [0.3, 0.4) is 0 Å². The van der Waals surface area contributed by atoms with E-state index in [-0.39, 0.29) is 5.78 Å². The van der Waals surface area contributed by atoms with Crippen molar-refractivity contribution in [1.29, 1.82) is 0 Å². The highest BCUT2D eigenvalue weighted by molar-refractivity contribution is 6.00. The maximum atomic E-state index is 12.1. The summed E-state index contributed by atoms with van der Waals surface area (Å²) < 4.78 is 0. The Balaban J connectivity index is 2.87. The van der Waals surface area contributed by atoms with Crippen LogP contribution in [0.2, 0.25) is 0 Å². The molecule has 0 aliphatic rings. The van der Waals surface area contributed by atoms with E-state index in [2.05, 4.69) is 38.0 Å². The van der Waals surface area contributed by atoms with Gasteiger partial charge in [0.05, 0.1) is 5.56 Å². The van der Waals surface area contributed by atoms with Gasteiger partial charge in [-0.1, -0.05) is 20.8 Å². The van der Waals surface area contributed by atoms with Crippen LogP contribution < -0.4 is 5.32 Å². The third-order valence-corrected chi connectivity index (χ3v) is 2.70. The highest BCUT2D eigenvalue weighted by Crippen LogP contribution is 2.17. The van der Waals surface area contributed by atoms with Crippen molar-refractivity contribution in [3.63, 3.8) is 0 Å². The molecule has 0 aliphatic heterocycles. The second kappa shape index (κ2) is 6.38. The van der Waals surface area contributed by atoms with Crippen LogP contribution in [0, 0.1) is 5.92 Å². The van der Waals surface area contributed by atoms with Gasteiger partial charge in [-0.2, -0.15) is 0 Å². The number of rotatable bonds is 6. The smallest absolute Gasteiger partial charge is 0.166 e. The predicted molar refractivity (Wildman–Crippen MR) is 71.4 cm³/mol. The van der Waals surface area contributed by atoms with Crippen molar-refractivity contribution in [1.82, 2.24) is 4.98 Å². The monoisotopic (exact) mass is 234 g/mol. The number of pyridine rings is 1. The topological polar surface area (TPSA) is 42.0 Å². The summed E-state index contributed by atoms with van der Waals surface area (Å²) in [5.41, 5.74) is 0.710. The summed E-state index contributed by atoms with van der Waals surface area (Å²) in [6.45, 7) is 8.30. The minimum Gasteiger partial charge on any atom is -0.367 e. The van der Waals surface area contributed by atoms with Gasteiger partial charge >= 0.3 is 0 Å². The van der Waals surface area contributed by atoms with Crippen molar-refractivity contribution < 1.29 is 4.79 Å². The molecule has 0 aliphatic carbocycles. The minimum atomic E-state index is 0.166. The quantitative estimate of drug-likeness (QED) is 0.766. The molecule has 0 saturated heterocycles. The molecule has 0 radical (unpaired) electrons. The normalized spacial score (nSPS) is 12.5. The molecule has 1 heterocycles. The Morgan fingerprint density at radius 1 is 1.41 bits per heavy atom. The lowest BCUT2D eigenvalue weighted by Gasteiger charge is -2.15. The summed E-state index contributed by atoms with van der Waals surface area (Å²) in [5.74, 6) is 1.26. The van der Waals surface area contributed by atoms with Crippen molar-refractivity contribution in [3.8, 4) is 0 Å². The molecule has 0 spiro atoms. The molecule has 1 rings (SSSR count). The highest BCUT2D eigenvalue weighted by Gasteiger charge is 2.14. The predicted octanol–water partition coefficient (Wildman–Crippen LogP) is 3.52. The van der Waals surface area contributed by atoms with Gasteiger partial charge in [-0.15, -0.1) is 0 Å². The van der Waals surface area contributed by atoms with Gasteiger partial charge in [0.25, 0.3) is 0 Å². The van der Waals surface area contributed by atoms with Gasteiger partial charge in [0.15, 0.2) is 5.78 Å². The molecule has 0 amide bonds. The third kappa shape index (κ3) is 4.17. The van der Waals surface area contributed by atoms with Gasteiger partial charge in [-0.25, -0.2) is 4.98 Å². The average molecular weight is 234 g/mol. The molecule has 94 valence electrons. The minimum absolute atomic E-state index is 0.166. The maximum absolute atomic E-state index is 12.1. The van der Waals surface area contributed by atoms with E-state index in [0.717, 1.165) is 6.42 Å². The fraction of sp³-hybridized carbons (Fsp3) is 0.571. The zero-order chi connectivity index (χ0) is 12.8. The number of nitrogens with one attached hydrogen (secondary N) is 1. The van der Waals surface area contributed by atoms with Crippen molar-refractivity contribution >= 4 is 11.6 Å². The van der Waals surface area contributed by atoms with Crippen LogP contribution in [0.1, 0.15) is 50.9 Å². The zero-order valence-electron chi connectivity index (χ0n) is 11.2. The fourth-order valence-corrected chi connectivity index (χ4v) is 1.56. The summed E-state index contributed by atoms with van der Waals surface area (Å²) in [4.78, 5) is 16.3. The Kier molecular flexibility index (Phi) is 5.13. The first-order valence-corrected chi connectivity index (χ1v) is 6.29. The molecule has 3 heteroatoms. The number of aromatic nitrogens is 1. The van der Waals surface area contributed by atoms with Gasteiger partial charge in [-0.05, 0) is 31.4 Å². The Morgan fingerprint density at radius 2 is 2.12 bits per heavy atom. The summed E-state index contributed by atoms with van der Waals surface area (Å²) >= 11 is 0. The van der Waals surface area contributed by atoms with Crippen LogP contribution in [-0.2, 0) is 0 Å². The largest absolute Gasteiger partial charge is 0.367 e. The van der Waals surface area contributed by atoms with Gasteiger partial charge in [-0.3, -0.25) is 4.79 Å². The van der Waals surface area contributed by atoms with Crippen LogP contribution in [0.5, 0.6) is 0 Å². The summed E-state index contributed by atoms with van der Waals surface area (Å²) in [5, 5.41) is 3.28. The Bertz CT molecular complexity index is 374. The van der Waals surface area contributed by atoms with Crippen molar-refractivity contribution in [2.24, 2.45) is 5.92 Å². The second-order valence-electron chi connectivity index (χ2n) is 4.87. The molecule has 0 aromatic carbocycles. The SMILES string of the molecule is CCC(C)Nc1ncccc1C(=O)CC(C)C. The van der Waals surface area contributed by atoms with E-state index in [4.69, 9.17) is 0 Å². The van der Waals surface area contributed by atoms with E-state index in [1.54, 1.807) is 6.20 Å². The molecule has 0 saturated carbocycles. The average Bonchev–Trinajstić information content (AvgIpc) is 2.28. The second-order valence-corrected chi connectivity index (χ2v) is 4.87. The van der Waals surface area contributed by atoms with Crippen molar-refractivity contribution in [2.45, 2.75) is 46.6 Å². The number of hydrogen-bond acceptors (Lipinski definition) is 3. The lowest BCUT2D eigenvalue weighted by atomic mass is 10.0. The number of anilines is 1. The van der Waals surface area contributed by atoms with Gasteiger partial charge in [0, 0.05) is 18.7 Å².